The fourth-order valence-electron chi connectivity index (χ4n) is 0.965. The Labute approximate surface area is 92.0 Å². The van der Waals surface area contributed by atoms with Crippen LogP contribution in [0.4, 0.5) is 10.5 Å². The Morgan fingerprint density at radius 1 is 1.57 bits per heavy atom. The monoisotopic (exact) mass is 233 g/mol. The normalized spacial score (nSPS) is 9.64. The molecule has 0 aromatic heterocycles. The molecule has 0 spiro atoms. The van der Waals surface area contributed by atoms with Gasteiger partial charge in [-0.15, -0.1) is 0 Å². The lowest BCUT2D eigenvalue weighted by molar-refractivity contribution is 0.269. The fourth-order valence-corrected chi connectivity index (χ4v) is 1.31. The first-order valence-electron chi connectivity index (χ1n) is 4.02. The molecule has 0 aliphatic rings. The zero-order valence-electron chi connectivity index (χ0n) is 7.51. The third-order valence-electron chi connectivity index (χ3n) is 1.47. The average Bonchev–Trinajstić information content (AvgIpc) is 2.09. The Bertz CT molecular complexity index is 342. The van der Waals surface area contributed by atoms with Gasteiger partial charge in [0.2, 0.25) is 0 Å². The third-order valence-corrected chi connectivity index (χ3v) is 1.86. The standard InChI is InChI=1S/C9H9Cl2NO2/c1-2-14-8-4-3-6(5-7(8)10)12-9(11)13/h3-5H,2H2,1H3,(H,12,13). The van der Waals surface area contributed by atoms with E-state index < -0.39 is 5.37 Å². The molecule has 0 aliphatic heterocycles. The van der Waals surface area contributed by atoms with Crippen molar-refractivity contribution in [3.63, 3.8) is 0 Å². The van der Waals surface area contributed by atoms with Gasteiger partial charge in [-0.1, -0.05) is 11.6 Å². The Morgan fingerprint density at radius 3 is 2.79 bits per heavy atom. The molecule has 1 aromatic carbocycles. The molecule has 0 unspecified atom stereocenters. The number of ether oxygens (including phenoxy) is 1. The van der Waals surface area contributed by atoms with E-state index >= 15 is 0 Å². The number of nitrogens with one attached hydrogen (secondary N) is 1. The summed E-state index contributed by atoms with van der Waals surface area (Å²) in [4.78, 5) is 10.5. The smallest absolute Gasteiger partial charge is 0.318 e. The van der Waals surface area contributed by atoms with E-state index in [1.54, 1.807) is 18.2 Å². The summed E-state index contributed by atoms with van der Waals surface area (Å²) in [5, 5.41) is 2.19. The predicted octanol–water partition coefficient (Wildman–Crippen LogP) is 3.51. The molecule has 3 nitrogen and oxygen atoms in total. The molecular weight excluding hydrogens is 225 g/mol. The van der Waals surface area contributed by atoms with Crippen LogP contribution in [0.25, 0.3) is 0 Å². The van der Waals surface area contributed by atoms with E-state index in [4.69, 9.17) is 27.9 Å². The highest BCUT2D eigenvalue weighted by atomic mass is 35.5. The van der Waals surface area contributed by atoms with Gasteiger partial charge in [-0.2, -0.15) is 0 Å². The molecule has 0 saturated carbocycles. The molecule has 1 amide bonds. The van der Waals surface area contributed by atoms with Gasteiger partial charge in [0, 0.05) is 5.69 Å². The van der Waals surface area contributed by atoms with E-state index in [2.05, 4.69) is 5.32 Å². The summed E-state index contributed by atoms with van der Waals surface area (Å²) in [6, 6.07) is 4.91. The van der Waals surface area contributed by atoms with Gasteiger partial charge < -0.3 is 10.1 Å². The van der Waals surface area contributed by atoms with Crippen molar-refractivity contribution < 1.29 is 9.53 Å². The zero-order chi connectivity index (χ0) is 10.6. The highest BCUT2D eigenvalue weighted by Crippen LogP contribution is 2.27. The van der Waals surface area contributed by atoms with Crippen molar-refractivity contribution >= 4 is 34.3 Å². The Balaban J connectivity index is 2.83. The first kappa shape index (κ1) is 11.1. The number of anilines is 1. The minimum atomic E-state index is -0.648. The molecule has 1 N–H and O–H groups in total. The summed E-state index contributed by atoms with van der Waals surface area (Å²) in [6.07, 6.45) is 0. The first-order chi connectivity index (χ1) is 6.63. The number of hydrogen-bond acceptors (Lipinski definition) is 2. The number of carbonyl (C=O) groups excluding carboxylic acids is 1. The van der Waals surface area contributed by atoms with Crippen molar-refractivity contribution in [2.75, 3.05) is 11.9 Å². The molecular formula is C9H9Cl2NO2. The average molecular weight is 234 g/mol. The van der Waals surface area contributed by atoms with Crippen LogP contribution in [0.3, 0.4) is 0 Å². The van der Waals surface area contributed by atoms with Gasteiger partial charge >= 0.3 is 5.37 Å². The van der Waals surface area contributed by atoms with Crippen LogP contribution in [0.2, 0.25) is 5.02 Å². The maximum Gasteiger partial charge on any atom is 0.318 e. The molecule has 76 valence electrons. The number of hydrogen-bond donors (Lipinski definition) is 1. The second-order valence-corrected chi connectivity index (χ2v) is 3.23. The maximum absolute atomic E-state index is 10.5. The van der Waals surface area contributed by atoms with Crippen molar-refractivity contribution in [3.05, 3.63) is 23.2 Å². The second kappa shape index (κ2) is 5.08. The van der Waals surface area contributed by atoms with Crippen LogP contribution in [0.1, 0.15) is 6.92 Å². The number of halogens is 2. The van der Waals surface area contributed by atoms with Crippen LogP contribution in [-0.2, 0) is 0 Å². The van der Waals surface area contributed by atoms with E-state index in [0.717, 1.165) is 0 Å². The Hall–Kier alpha value is -0.930. The molecule has 0 aliphatic carbocycles. The van der Waals surface area contributed by atoms with Gasteiger partial charge in [0.1, 0.15) is 5.75 Å². The molecule has 14 heavy (non-hydrogen) atoms. The lowest BCUT2D eigenvalue weighted by Crippen LogP contribution is -2.01. The van der Waals surface area contributed by atoms with Crippen LogP contribution >= 0.6 is 23.2 Å². The summed E-state index contributed by atoms with van der Waals surface area (Å²) in [7, 11) is 0. The molecule has 0 heterocycles. The largest absolute Gasteiger partial charge is 0.492 e. The molecule has 5 heteroatoms. The van der Waals surface area contributed by atoms with E-state index in [1.807, 2.05) is 6.92 Å². The summed E-state index contributed by atoms with van der Waals surface area (Å²) >= 11 is 11.0. The van der Waals surface area contributed by atoms with Gasteiger partial charge in [0.05, 0.1) is 11.6 Å². The summed E-state index contributed by atoms with van der Waals surface area (Å²) in [5.41, 5.74) is 0.540. The first-order valence-corrected chi connectivity index (χ1v) is 4.78. The van der Waals surface area contributed by atoms with Crippen LogP contribution < -0.4 is 10.1 Å². The predicted molar refractivity (Wildman–Crippen MR) is 57.5 cm³/mol. The van der Waals surface area contributed by atoms with Crippen molar-refractivity contribution in [1.82, 2.24) is 0 Å². The SMILES string of the molecule is CCOc1ccc(NC(=O)Cl)cc1Cl. The molecule has 0 saturated heterocycles. The van der Waals surface area contributed by atoms with Crippen molar-refractivity contribution in [3.8, 4) is 5.75 Å². The summed E-state index contributed by atoms with van der Waals surface area (Å²) in [5.74, 6) is 0.585. The molecule has 0 atom stereocenters. The molecule has 1 aromatic rings. The lowest BCUT2D eigenvalue weighted by atomic mass is 10.3. The molecule has 1 rings (SSSR count). The molecule has 0 fully saturated rings. The molecule has 0 radical (unpaired) electrons. The van der Waals surface area contributed by atoms with Gasteiger partial charge in [0.25, 0.3) is 0 Å². The van der Waals surface area contributed by atoms with Crippen molar-refractivity contribution in [1.29, 1.82) is 0 Å². The van der Waals surface area contributed by atoms with Crippen molar-refractivity contribution in [2.24, 2.45) is 0 Å². The van der Waals surface area contributed by atoms with E-state index in [0.29, 0.717) is 23.1 Å². The minimum Gasteiger partial charge on any atom is -0.492 e. The minimum absolute atomic E-state index is 0.440. The van der Waals surface area contributed by atoms with E-state index in [1.165, 1.54) is 0 Å². The topological polar surface area (TPSA) is 38.3 Å². The number of rotatable bonds is 3. The van der Waals surface area contributed by atoms with Crippen LogP contribution in [-0.4, -0.2) is 12.0 Å². The Morgan fingerprint density at radius 2 is 2.29 bits per heavy atom. The van der Waals surface area contributed by atoms with Gasteiger partial charge in [-0.25, -0.2) is 0 Å². The van der Waals surface area contributed by atoms with Gasteiger partial charge in [-0.3, -0.25) is 4.79 Å². The molecule has 0 bridgehead atoms. The number of carbonyl (C=O) groups is 1. The van der Waals surface area contributed by atoms with Crippen molar-refractivity contribution in [2.45, 2.75) is 6.92 Å². The van der Waals surface area contributed by atoms with Crippen LogP contribution in [0, 0.1) is 0 Å². The summed E-state index contributed by atoms with van der Waals surface area (Å²) < 4.78 is 5.22. The maximum atomic E-state index is 10.5. The number of amides is 1. The van der Waals surface area contributed by atoms with Crippen LogP contribution in [0.5, 0.6) is 5.75 Å². The highest BCUT2D eigenvalue weighted by Gasteiger charge is 2.03. The Kier molecular flexibility index (Phi) is 4.04. The van der Waals surface area contributed by atoms with E-state index in [9.17, 15) is 4.79 Å². The fraction of sp³-hybridized carbons (Fsp3) is 0.222. The quantitative estimate of drug-likeness (QED) is 0.641. The zero-order valence-corrected chi connectivity index (χ0v) is 9.02. The lowest BCUT2D eigenvalue weighted by Gasteiger charge is -2.07. The number of benzene rings is 1. The second-order valence-electron chi connectivity index (χ2n) is 2.48. The highest BCUT2D eigenvalue weighted by molar-refractivity contribution is 6.65. The van der Waals surface area contributed by atoms with Crippen LogP contribution in [0.15, 0.2) is 18.2 Å². The van der Waals surface area contributed by atoms with Gasteiger partial charge in [0.15, 0.2) is 0 Å². The third kappa shape index (κ3) is 3.09. The summed E-state index contributed by atoms with van der Waals surface area (Å²) in [6.45, 7) is 2.41. The van der Waals surface area contributed by atoms with Gasteiger partial charge in [-0.05, 0) is 36.7 Å². The van der Waals surface area contributed by atoms with E-state index in [-0.39, 0.29) is 0 Å².